The van der Waals surface area contributed by atoms with Gasteiger partial charge in [-0.05, 0) is 79.0 Å². The van der Waals surface area contributed by atoms with Gasteiger partial charge in [0.15, 0.2) is 0 Å². The molecular formula is C22H18N6. The van der Waals surface area contributed by atoms with Crippen LogP contribution in [0.1, 0.15) is 27.7 Å². The first-order chi connectivity index (χ1) is 15.3. The minimum atomic E-state index is -0.306. The van der Waals surface area contributed by atoms with Crippen molar-refractivity contribution < 1.29 is 5.48 Å². The van der Waals surface area contributed by atoms with Gasteiger partial charge in [-0.25, -0.2) is 4.98 Å². The number of hydrogen-bond acceptors (Lipinski definition) is 6. The maximum Gasteiger partial charge on any atom is 0.229 e. The van der Waals surface area contributed by atoms with Gasteiger partial charge in [0.1, 0.15) is 5.82 Å². The molecule has 0 fully saturated rings. The molecule has 0 aliphatic carbocycles. The fourth-order valence-corrected chi connectivity index (χ4v) is 2.52. The van der Waals surface area contributed by atoms with Crippen LogP contribution in [0.3, 0.4) is 0 Å². The molecule has 0 atom stereocenters. The molecule has 136 valence electrons. The number of nitrogens with zero attached hydrogens (tertiary/aromatic N) is 4. The SMILES string of the molecule is [2H]c1nc(Nc2ccc(C#N)cc2)nc(Nc2c(C)c([2H])c(/C=C/C#N)c([2H])c2C)c1[2H]. The number of nitrogens with one attached hydrogen (secondary N) is 2. The molecule has 6 nitrogen and oxygen atoms in total. The first-order valence-electron chi connectivity index (χ1n) is 10.3. The van der Waals surface area contributed by atoms with E-state index >= 15 is 0 Å². The molecule has 3 aromatic rings. The van der Waals surface area contributed by atoms with Crippen LogP contribution in [0, 0.1) is 36.5 Å². The summed E-state index contributed by atoms with van der Waals surface area (Å²) in [4.78, 5) is 8.27. The van der Waals surface area contributed by atoms with Crippen LogP contribution < -0.4 is 10.6 Å². The molecule has 0 spiro atoms. The molecule has 1 aromatic heterocycles. The quantitative estimate of drug-likeness (QED) is 0.614. The number of allylic oxidation sites excluding steroid dienone is 1. The van der Waals surface area contributed by atoms with E-state index in [4.69, 9.17) is 16.0 Å². The fourth-order valence-electron chi connectivity index (χ4n) is 2.52. The molecule has 3 rings (SSSR count). The lowest BCUT2D eigenvalue weighted by Crippen LogP contribution is -2.02. The molecule has 0 aliphatic heterocycles. The minimum absolute atomic E-state index is 0.0476. The smallest absolute Gasteiger partial charge is 0.229 e. The van der Waals surface area contributed by atoms with E-state index in [-0.39, 0.29) is 36.1 Å². The Morgan fingerprint density at radius 2 is 1.79 bits per heavy atom. The van der Waals surface area contributed by atoms with Gasteiger partial charge in [-0.3, -0.25) is 0 Å². The molecule has 0 bridgehead atoms. The number of benzene rings is 2. The highest BCUT2D eigenvalue weighted by Crippen LogP contribution is 2.26. The van der Waals surface area contributed by atoms with Gasteiger partial charge in [-0.15, -0.1) is 0 Å². The van der Waals surface area contributed by atoms with E-state index in [1.165, 1.54) is 12.2 Å². The van der Waals surface area contributed by atoms with Gasteiger partial charge in [-0.2, -0.15) is 15.5 Å². The van der Waals surface area contributed by atoms with E-state index in [2.05, 4.69) is 20.6 Å². The summed E-state index contributed by atoms with van der Waals surface area (Å²) in [5, 5.41) is 23.6. The maximum absolute atomic E-state index is 8.91. The Morgan fingerprint density at radius 1 is 1.07 bits per heavy atom. The van der Waals surface area contributed by atoms with Crippen molar-refractivity contribution in [1.29, 1.82) is 10.5 Å². The third-order valence-electron chi connectivity index (χ3n) is 3.79. The predicted molar refractivity (Wildman–Crippen MR) is 110 cm³/mol. The summed E-state index contributed by atoms with van der Waals surface area (Å²) >= 11 is 0. The number of nitriles is 2. The second kappa shape index (κ2) is 8.48. The van der Waals surface area contributed by atoms with Gasteiger partial charge >= 0.3 is 0 Å². The maximum atomic E-state index is 8.91. The van der Waals surface area contributed by atoms with E-state index < -0.39 is 0 Å². The zero-order valence-corrected chi connectivity index (χ0v) is 15.3. The molecule has 0 saturated carbocycles. The van der Waals surface area contributed by atoms with E-state index in [9.17, 15) is 0 Å². The average Bonchev–Trinajstić information content (AvgIpc) is 2.79. The lowest BCUT2D eigenvalue weighted by molar-refractivity contribution is 1.16. The van der Waals surface area contributed by atoms with Crippen LogP contribution in [0.2, 0.25) is 0 Å². The van der Waals surface area contributed by atoms with Gasteiger partial charge in [0.2, 0.25) is 5.95 Å². The minimum Gasteiger partial charge on any atom is -0.340 e. The first kappa shape index (κ1) is 14.0. The third-order valence-corrected chi connectivity index (χ3v) is 3.79. The normalized spacial score (nSPS) is 12.3. The van der Waals surface area contributed by atoms with Crippen molar-refractivity contribution in [2.45, 2.75) is 13.8 Å². The molecule has 0 radical (unpaired) electrons. The highest BCUT2D eigenvalue weighted by atomic mass is 15.1. The molecule has 28 heavy (non-hydrogen) atoms. The topological polar surface area (TPSA) is 97.4 Å². The molecule has 6 heteroatoms. The largest absolute Gasteiger partial charge is 0.340 e. The predicted octanol–water partition coefficient (Wildman–Crippen LogP) is 4.99. The van der Waals surface area contributed by atoms with Gasteiger partial charge in [0.05, 0.1) is 23.2 Å². The van der Waals surface area contributed by atoms with Crippen LogP contribution in [-0.2, 0) is 0 Å². The highest BCUT2D eigenvalue weighted by molar-refractivity contribution is 5.69. The van der Waals surface area contributed by atoms with Crippen molar-refractivity contribution in [3.05, 3.63) is 76.9 Å². The van der Waals surface area contributed by atoms with Crippen LogP contribution in [0.4, 0.5) is 23.1 Å². The Kier molecular flexibility index (Phi) is 4.23. The van der Waals surface area contributed by atoms with Crippen molar-refractivity contribution in [2.75, 3.05) is 10.6 Å². The lowest BCUT2D eigenvalue weighted by atomic mass is 10.0. The number of anilines is 4. The van der Waals surface area contributed by atoms with E-state index in [0.717, 1.165) is 0 Å². The standard InChI is InChI=1S/C22H18N6/c1-15-12-18(4-3-10-23)13-16(2)21(15)27-20-9-11-25-22(28-20)26-19-7-5-17(14-24)6-8-19/h3-9,11-13H,1-2H3,(H2,25,26,27,28)/b4-3+/i9D,11D,12D,13D. The number of hydrogen-bond donors (Lipinski definition) is 2. The van der Waals surface area contributed by atoms with Crippen LogP contribution in [0.25, 0.3) is 6.08 Å². The van der Waals surface area contributed by atoms with Crippen LogP contribution in [-0.4, -0.2) is 9.97 Å². The van der Waals surface area contributed by atoms with Crippen molar-refractivity contribution in [3.8, 4) is 12.1 Å². The summed E-state index contributed by atoms with van der Waals surface area (Å²) in [6.45, 7) is 3.40. The van der Waals surface area contributed by atoms with Gasteiger partial charge in [0.25, 0.3) is 0 Å². The Balaban J connectivity index is 2.01. The van der Waals surface area contributed by atoms with Crippen LogP contribution in [0.5, 0.6) is 0 Å². The zero-order chi connectivity index (χ0) is 23.4. The second-order valence-corrected chi connectivity index (χ2v) is 5.82. The Hall–Kier alpha value is -4.16. The van der Waals surface area contributed by atoms with E-state index in [0.29, 0.717) is 33.6 Å². The third kappa shape index (κ3) is 4.51. The average molecular weight is 370 g/mol. The molecular weight excluding hydrogens is 348 g/mol. The Labute approximate surface area is 169 Å². The Morgan fingerprint density at radius 3 is 2.43 bits per heavy atom. The summed E-state index contributed by atoms with van der Waals surface area (Å²) in [5.74, 6) is 0.130. The van der Waals surface area contributed by atoms with E-state index in [1.807, 2.05) is 12.1 Å². The number of aromatic nitrogens is 2. The van der Waals surface area contributed by atoms with Crippen LogP contribution in [0.15, 0.2) is 54.6 Å². The number of rotatable bonds is 5. The van der Waals surface area contributed by atoms with Crippen LogP contribution >= 0.6 is 0 Å². The lowest BCUT2D eigenvalue weighted by Gasteiger charge is -2.14. The van der Waals surface area contributed by atoms with Crippen molar-refractivity contribution in [3.63, 3.8) is 0 Å². The summed E-state index contributed by atoms with van der Waals surface area (Å²) in [6.07, 6.45) is 2.34. The molecule has 1 heterocycles. The molecule has 0 unspecified atom stereocenters. The zero-order valence-electron chi connectivity index (χ0n) is 19.3. The van der Waals surface area contributed by atoms with Crippen molar-refractivity contribution in [2.24, 2.45) is 0 Å². The fraction of sp³-hybridized carbons (Fsp3) is 0.0909. The summed E-state index contributed by atoms with van der Waals surface area (Å²) in [6, 6.07) is 10.4. The second-order valence-electron chi connectivity index (χ2n) is 5.82. The Bertz CT molecular complexity index is 1280. The molecule has 0 amide bonds. The summed E-state index contributed by atoms with van der Waals surface area (Å²) in [7, 11) is 0. The van der Waals surface area contributed by atoms with E-state index in [1.54, 1.807) is 38.1 Å². The van der Waals surface area contributed by atoms with Gasteiger partial charge < -0.3 is 10.6 Å². The highest BCUT2D eigenvalue weighted by Gasteiger charge is 2.07. The molecule has 0 saturated heterocycles. The van der Waals surface area contributed by atoms with Crippen molar-refractivity contribution >= 4 is 29.2 Å². The van der Waals surface area contributed by atoms with Gasteiger partial charge in [-0.1, -0.05) is 0 Å². The first-order valence-corrected chi connectivity index (χ1v) is 8.32. The van der Waals surface area contributed by atoms with Crippen molar-refractivity contribution in [1.82, 2.24) is 9.97 Å². The molecule has 2 N–H and O–H groups in total. The summed E-state index contributed by atoms with van der Waals surface area (Å²) in [5.41, 5.74) is 2.90. The van der Waals surface area contributed by atoms with Gasteiger partial charge in [0, 0.05) is 23.6 Å². The molecule has 2 aromatic carbocycles. The monoisotopic (exact) mass is 370 g/mol. The summed E-state index contributed by atoms with van der Waals surface area (Å²) < 4.78 is 32.9. The molecule has 0 aliphatic rings.